The largest absolute Gasteiger partial charge is 0.444 e. The number of benzene rings is 5. The number of halogens is 6. The third-order valence-corrected chi connectivity index (χ3v) is 7.98. The number of carbonyl (C=O) groups excluding carboxylic acids is 1. The minimum absolute atomic E-state index is 0. The molecule has 3 N–H and O–H groups in total. The number of aliphatic imine (C=N–C) groups is 2. The molecule has 256 valence electrons. The number of hydrogen-bond donors (Lipinski definition) is 2. The molecule has 2 heterocycles. The lowest BCUT2D eigenvalue weighted by Gasteiger charge is -2.09. The van der Waals surface area contributed by atoms with Crippen molar-refractivity contribution in [1.82, 2.24) is 0 Å². The quantitative estimate of drug-likeness (QED) is 0.142. The number of carbonyl (C=O) groups is 1. The number of para-hydroxylation sites is 2. The minimum Gasteiger partial charge on any atom is -0.444 e. The third-order valence-electron chi connectivity index (χ3n) is 7.98. The monoisotopic (exact) mass is 688 g/mol. The molecule has 2 aliphatic rings. The first-order valence-corrected chi connectivity index (χ1v) is 15.3. The van der Waals surface area contributed by atoms with E-state index in [1.807, 2.05) is 48.5 Å². The van der Waals surface area contributed by atoms with Crippen LogP contribution in [0.5, 0.6) is 0 Å². The van der Waals surface area contributed by atoms with Crippen LogP contribution in [0, 0.1) is 0 Å². The summed E-state index contributed by atoms with van der Waals surface area (Å²) in [4.78, 5) is 21.0. The molecule has 5 aromatic carbocycles. The van der Waals surface area contributed by atoms with Crippen LogP contribution in [0.2, 0.25) is 0 Å². The van der Waals surface area contributed by atoms with Gasteiger partial charge in [0.1, 0.15) is 6.61 Å². The summed E-state index contributed by atoms with van der Waals surface area (Å²) in [5, 5.41) is 2.67. The summed E-state index contributed by atoms with van der Waals surface area (Å²) in [7, 11) is 0. The molecule has 0 unspecified atom stereocenters. The summed E-state index contributed by atoms with van der Waals surface area (Å²) in [6.07, 6.45) is -8.51. The number of rotatable bonds is 5. The first-order valence-electron chi connectivity index (χ1n) is 15.3. The molecule has 0 bridgehead atoms. The Labute approximate surface area is 284 Å². The molecule has 1 amide bonds. The van der Waals surface area contributed by atoms with E-state index in [2.05, 4.69) is 15.3 Å². The van der Waals surface area contributed by atoms with Gasteiger partial charge >= 0.3 is 18.4 Å². The van der Waals surface area contributed by atoms with Crippen LogP contribution in [0.15, 0.2) is 125 Å². The SMILES string of the molecule is Nc1cccc2c1N=C(c1cccc(C(F)(F)F)c1)C2.O=C(Nc1cccc2c1N=C(c1cccc(C(F)(F)F)c1)C2)OCc1ccccc1.[HH]. The Morgan fingerprint density at radius 2 is 1.20 bits per heavy atom. The topological polar surface area (TPSA) is 89.1 Å². The van der Waals surface area contributed by atoms with Crippen LogP contribution < -0.4 is 11.1 Å². The number of nitrogen functional groups attached to an aromatic ring is 1. The zero-order valence-electron chi connectivity index (χ0n) is 26.1. The van der Waals surface area contributed by atoms with Gasteiger partial charge in [-0.2, -0.15) is 26.3 Å². The van der Waals surface area contributed by atoms with Crippen molar-refractivity contribution in [2.45, 2.75) is 31.8 Å². The smallest absolute Gasteiger partial charge is 0.416 e. The van der Waals surface area contributed by atoms with Gasteiger partial charge in [0.2, 0.25) is 0 Å². The van der Waals surface area contributed by atoms with E-state index in [0.717, 1.165) is 41.0 Å². The van der Waals surface area contributed by atoms with E-state index in [4.69, 9.17) is 10.5 Å². The number of amides is 1. The molecule has 7 rings (SSSR count). The summed E-state index contributed by atoms with van der Waals surface area (Å²) < 4.78 is 82.5. The Morgan fingerprint density at radius 3 is 1.76 bits per heavy atom. The lowest BCUT2D eigenvalue weighted by molar-refractivity contribution is -0.138. The average molecular weight is 689 g/mol. The van der Waals surface area contributed by atoms with Crippen molar-refractivity contribution in [3.63, 3.8) is 0 Å². The molecule has 50 heavy (non-hydrogen) atoms. The Hall–Kier alpha value is -5.91. The highest BCUT2D eigenvalue weighted by Crippen LogP contribution is 2.38. The normalized spacial score (nSPS) is 13.3. The maximum atomic E-state index is 13.0. The fourth-order valence-electron chi connectivity index (χ4n) is 5.52. The predicted molar refractivity (Wildman–Crippen MR) is 182 cm³/mol. The molecule has 0 radical (unpaired) electrons. The van der Waals surface area contributed by atoms with Crippen molar-refractivity contribution < 1.29 is 37.3 Å². The highest BCUT2D eigenvalue weighted by atomic mass is 19.4. The molecular weight excluding hydrogens is 658 g/mol. The molecule has 0 aliphatic carbocycles. The van der Waals surface area contributed by atoms with Crippen LogP contribution in [0.25, 0.3) is 0 Å². The molecule has 0 saturated heterocycles. The second-order valence-corrected chi connectivity index (χ2v) is 11.5. The summed E-state index contributed by atoms with van der Waals surface area (Å²) >= 11 is 0. The highest BCUT2D eigenvalue weighted by molar-refractivity contribution is 6.09. The number of nitrogens with two attached hydrogens (primary N) is 1. The maximum Gasteiger partial charge on any atom is 0.416 e. The van der Waals surface area contributed by atoms with Crippen LogP contribution in [-0.4, -0.2) is 17.5 Å². The Bertz CT molecular complexity index is 2110. The Morgan fingerprint density at radius 1 is 0.680 bits per heavy atom. The van der Waals surface area contributed by atoms with Crippen LogP contribution in [0.3, 0.4) is 0 Å². The third kappa shape index (κ3) is 7.86. The van der Waals surface area contributed by atoms with Gasteiger partial charge in [0.05, 0.1) is 45.3 Å². The van der Waals surface area contributed by atoms with Crippen molar-refractivity contribution in [2.24, 2.45) is 9.98 Å². The van der Waals surface area contributed by atoms with Gasteiger partial charge in [-0.25, -0.2) is 9.79 Å². The van der Waals surface area contributed by atoms with E-state index in [9.17, 15) is 31.1 Å². The van der Waals surface area contributed by atoms with Crippen molar-refractivity contribution in [1.29, 1.82) is 0 Å². The summed E-state index contributed by atoms with van der Waals surface area (Å²) in [6, 6.07) is 30.3. The highest BCUT2D eigenvalue weighted by Gasteiger charge is 2.32. The first kappa shape index (κ1) is 34.0. The van der Waals surface area contributed by atoms with E-state index in [1.165, 1.54) is 12.1 Å². The molecule has 12 heteroatoms. The standard InChI is InChI=1S/C23H17F3N2O2.C15H11F3N2.H2/c24-23(25,26)18-10-4-8-16(12-18)20-13-17-9-5-11-19(21(17)27-20)28-22(29)30-14-15-6-2-1-3-7-15;16-15(17,18)11-5-1-3-9(7-11)13-8-10-4-2-6-12(19)14(10)20-13;/h1-12H,13-14H2,(H,28,29);1-7H,8,19H2;1H. The van der Waals surface area contributed by atoms with E-state index in [1.54, 1.807) is 30.3 Å². The van der Waals surface area contributed by atoms with Gasteiger partial charge in [0.25, 0.3) is 0 Å². The van der Waals surface area contributed by atoms with Gasteiger partial charge in [0.15, 0.2) is 0 Å². The van der Waals surface area contributed by atoms with Gasteiger partial charge in [0, 0.05) is 14.3 Å². The number of nitrogens with one attached hydrogen (secondary N) is 1. The molecule has 0 fully saturated rings. The van der Waals surface area contributed by atoms with E-state index in [0.29, 0.717) is 58.1 Å². The number of ether oxygens (including phenoxy) is 1. The number of hydrogen-bond acceptors (Lipinski definition) is 5. The van der Waals surface area contributed by atoms with Crippen LogP contribution >= 0.6 is 0 Å². The van der Waals surface area contributed by atoms with Crippen molar-refractivity contribution in [3.8, 4) is 0 Å². The second-order valence-electron chi connectivity index (χ2n) is 11.5. The molecular formula is C38H30F6N4O2. The molecule has 0 spiro atoms. The lowest BCUT2D eigenvalue weighted by Crippen LogP contribution is -2.13. The summed E-state index contributed by atoms with van der Waals surface area (Å²) in [5.41, 5.74) is 11.3. The van der Waals surface area contributed by atoms with Crippen molar-refractivity contribution in [3.05, 3.63) is 154 Å². The zero-order valence-corrected chi connectivity index (χ0v) is 26.1. The van der Waals surface area contributed by atoms with Gasteiger partial charge in [-0.15, -0.1) is 0 Å². The van der Waals surface area contributed by atoms with Crippen LogP contribution in [-0.2, 0) is 36.5 Å². The summed E-state index contributed by atoms with van der Waals surface area (Å²) in [5.74, 6) is 0. The van der Waals surface area contributed by atoms with Crippen LogP contribution in [0.4, 0.5) is 53.9 Å². The minimum atomic E-state index is -4.42. The molecule has 0 atom stereocenters. The first-order chi connectivity index (χ1) is 23.8. The molecule has 5 aromatic rings. The maximum absolute atomic E-state index is 13.0. The van der Waals surface area contributed by atoms with E-state index in [-0.39, 0.29) is 8.03 Å². The Balaban J connectivity index is 0.000000209. The van der Waals surface area contributed by atoms with Crippen LogP contribution in [0.1, 0.15) is 40.4 Å². The van der Waals surface area contributed by atoms with Gasteiger partial charge in [-0.1, -0.05) is 78.9 Å². The number of alkyl halides is 6. The molecule has 0 saturated carbocycles. The van der Waals surface area contributed by atoms with E-state index >= 15 is 0 Å². The number of fused-ring (bicyclic) bond motifs is 2. The average Bonchev–Trinajstić information content (AvgIpc) is 3.74. The fraction of sp³-hybridized carbons (Fsp3) is 0.132. The lowest BCUT2D eigenvalue weighted by atomic mass is 10.0. The van der Waals surface area contributed by atoms with Crippen molar-refractivity contribution >= 4 is 40.3 Å². The van der Waals surface area contributed by atoms with Gasteiger partial charge in [-0.05, 0) is 64.2 Å². The molecule has 0 aromatic heterocycles. The van der Waals surface area contributed by atoms with Gasteiger partial charge < -0.3 is 10.5 Å². The Kier molecular flexibility index (Phi) is 9.45. The number of anilines is 2. The molecule has 6 nitrogen and oxygen atoms in total. The van der Waals surface area contributed by atoms with E-state index < -0.39 is 29.6 Å². The fourth-order valence-corrected chi connectivity index (χ4v) is 5.52. The van der Waals surface area contributed by atoms with Crippen molar-refractivity contribution in [2.75, 3.05) is 11.1 Å². The predicted octanol–water partition coefficient (Wildman–Crippen LogP) is 10.3. The second kappa shape index (κ2) is 13.9. The summed E-state index contributed by atoms with van der Waals surface area (Å²) in [6.45, 7) is 0.125. The van der Waals surface area contributed by atoms with Gasteiger partial charge in [-0.3, -0.25) is 10.3 Å². The molecule has 2 aliphatic heterocycles. The zero-order chi connectivity index (χ0) is 35.5. The number of nitrogens with zero attached hydrogens (tertiary/aromatic N) is 2.